The van der Waals surface area contributed by atoms with Crippen LogP contribution in [0.2, 0.25) is 0 Å². The summed E-state index contributed by atoms with van der Waals surface area (Å²) in [6, 6.07) is 0. The Hall–Kier alpha value is -0.350. The Morgan fingerprint density at radius 3 is 2.56 bits per heavy atom. The van der Waals surface area contributed by atoms with Crippen molar-refractivity contribution in [3.63, 3.8) is 0 Å². The minimum absolute atomic E-state index is 0.00279. The second kappa shape index (κ2) is 5.82. The maximum atomic E-state index is 5.37. The molecule has 0 aromatic heterocycles. The summed E-state index contributed by atoms with van der Waals surface area (Å²) in [6.07, 6.45) is 4.50. The predicted octanol–water partition coefficient (Wildman–Crippen LogP) is 2.63. The average Bonchev–Trinajstić information content (AvgIpc) is 2.54. The van der Waals surface area contributed by atoms with E-state index in [4.69, 9.17) is 12.2 Å². The van der Waals surface area contributed by atoms with Crippen LogP contribution in [0.3, 0.4) is 0 Å². The highest BCUT2D eigenvalue weighted by atomic mass is 32.1. The van der Waals surface area contributed by atoms with Crippen LogP contribution < -0.4 is 10.7 Å². The van der Waals surface area contributed by atoms with Crippen molar-refractivity contribution in [2.24, 2.45) is 5.92 Å². The van der Waals surface area contributed by atoms with E-state index in [0.29, 0.717) is 5.92 Å². The molecule has 0 bridgehead atoms. The first kappa shape index (κ1) is 13.7. The van der Waals surface area contributed by atoms with E-state index in [1.165, 1.54) is 6.42 Å². The fourth-order valence-electron chi connectivity index (χ4n) is 2.04. The van der Waals surface area contributed by atoms with E-state index < -0.39 is 0 Å². The van der Waals surface area contributed by atoms with E-state index in [2.05, 4.69) is 43.4 Å². The molecule has 0 amide bonds. The SMILES string of the molecule is CCC[C@@]1(CC)NC(=S)N(CCC(C)C)N1. The van der Waals surface area contributed by atoms with Crippen molar-refractivity contribution in [2.75, 3.05) is 6.54 Å². The number of nitrogens with one attached hydrogen (secondary N) is 2. The largest absolute Gasteiger partial charge is 0.342 e. The molecule has 1 aliphatic heterocycles. The quantitative estimate of drug-likeness (QED) is 0.701. The van der Waals surface area contributed by atoms with Gasteiger partial charge in [0.15, 0.2) is 5.11 Å². The summed E-state index contributed by atoms with van der Waals surface area (Å²) in [5.41, 5.74) is 3.54. The normalized spacial score (nSPS) is 25.3. The standard InChI is InChI=1S/C12H25N3S/c1-5-8-12(6-2)13-11(16)15(14-12)9-7-10(3)4/h10,14H,5-9H2,1-4H3,(H,13,16)/t12-/m0/s1. The van der Waals surface area contributed by atoms with Crippen molar-refractivity contribution in [1.82, 2.24) is 15.8 Å². The van der Waals surface area contributed by atoms with Crippen molar-refractivity contribution < 1.29 is 0 Å². The van der Waals surface area contributed by atoms with Crippen molar-refractivity contribution in [2.45, 2.75) is 59.0 Å². The maximum absolute atomic E-state index is 5.37. The number of hydrazine groups is 1. The van der Waals surface area contributed by atoms with Gasteiger partial charge >= 0.3 is 0 Å². The van der Waals surface area contributed by atoms with Crippen molar-refractivity contribution >= 4 is 17.3 Å². The van der Waals surface area contributed by atoms with Gasteiger partial charge in [0, 0.05) is 6.54 Å². The van der Waals surface area contributed by atoms with Gasteiger partial charge in [-0.05, 0) is 37.4 Å². The fraction of sp³-hybridized carbons (Fsp3) is 0.917. The molecule has 3 nitrogen and oxygen atoms in total. The van der Waals surface area contributed by atoms with Crippen molar-refractivity contribution in [3.8, 4) is 0 Å². The minimum atomic E-state index is 0.00279. The summed E-state index contributed by atoms with van der Waals surface area (Å²) in [6.45, 7) is 9.89. The Morgan fingerprint density at radius 2 is 2.06 bits per heavy atom. The average molecular weight is 243 g/mol. The summed E-state index contributed by atoms with van der Waals surface area (Å²) >= 11 is 5.37. The van der Waals surface area contributed by atoms with Gasteiger partial charge in [-0.2, -0.15) is 0 Å². The van der Waals surface area contributed by atoms with Crippen LogP contribution >= 0.6 is 12.2 Å². The predicted molar refractivity (Wildman–Crippen MR) is 73.0 cm³/mol. The maximum Gasteiger partial charge on any atom is 0.185 e. The van der Waals surface area contributed by atoms with Gasteiger partial charge in [0.05, 0.1) is 0 Å². The molecule has 1 saturated heterocycles. The lowest BCUT2D eigenvalue weighted by Crippen LogP contribution is -2.50. The lowest BCUT2D eigenvalue weighted by Gasteiger charge is -2.28. The van der Waals surface area contributed by atoms with E-state index in [0.717, 1.165) is 30.9 Å². The molecule has 0 radical (unpaired) electrons. The molecule has 94 valence electrons. The first-order valence-electron chi connectivity index (χ1n) is 6.40. The third kappa shape index (κ3) is 3.32. The summed E-state index contributed by atoms with van der Waals surface area (Å²) in [5.74, 6) is 0.715. The Labute approximate surface area is 105 Å². The fourth-order valence-corrected chi connectivity index (χ4v) is 2.38. The van der Waals surface area contributed by atoms with Gasteiger partial charge in [-0.3, -0.25) is 5.01 Å². The molecule has 0 saturated carbocycles. The van der Waals surface area contributed by atoms with E-state index in [1.54, 1.807) is 0 Å². The van der Waals surface area contributed by atoms with Gasteiger partial charge in [0.1, 0.15) is 5.66 Å². The number of hydrogen-bond acceptors (Lipinski definition) is 2. The topological polar surface area (TPSA) is 27.3 Å². The molecule has 1 atom stereocenters. The highest BCUT2D eigenvalue weighted by Crippen LogP contribution is 2.20. The molecule has 2 N–H and O–H groups in total. The van der Waals surface area contributed by atoms with Crippen LogP contribution in [-0.4, -0.2) is 22.3 Å². The molecule has 0 aromatic rings. The van der Waals surface area contributed by atoms with Gasteiger partial charge < -0.3 is 5.32 Å². The van der Waals surface area contributed by atoms with Gasteiger partial charge in [0.25, 0.3) is 0 Å². The van der Waals surface area contributed by atoms with Crippen LogP contribution in [0.4, 0.5) is 0 Å². The molecule has 1 heterocycles. The van der Waals surface area contributed by atoms with Gasteiger partial charge in [0.2, 0.25) is 0 Å². The Balaban J connectivity index is 2.54. The second-order valence-corrected chi connectivity index (χ2v) is 5.45. The molecule has 1 rings (SSSR count). The monoisotopic (exact) mass is 243 g/mol. The Bertz CT molecular complexity index is 242. The van der Waals surface area contributed by atoms with E-state index >= 15 is 0 Å². The third-order valence-electron chi connectivity index (χ3n) is 3.15. The van der Waals surface area contributed by atoms with Crippen LogP contribution in [-0.2, 0) is 0 Å². The molecular formula is C12H25N3S. The molecule has 1 fully saturated rings. The molecule has 1 aliphatic rings. The third-order valence-corrected chi connectivity index (χ3v) is 3.47. The molecule has 4 heteroatoms. The van der Waals surface area contributed by atoms with Crippen molar-refractivity contribution in [1.29, 1.82) is 0 Å². The molecule has 16 heavy (non-hydrogen) atoms. The zero-order valence-corrected chi connectivity index (χ0v) is 11.8. The summed E-state index contributed by atoms with van der Waals surface area (Å²) in [4.78, 5) is 0. The van der Waals surface area contributed by atoms with E-state index in [-0.39, 0.29) is 5.66 Å². The lowest BCUT2D eigenvalue weighted by molar-refractivity contribution is 0.191. The molecule has 0 aliphatic carbocycles. The Kier molecular flexibility index (Phi) is 4.99. The number of hydrogen-bond donors (Lipinski definition) is 2. The minimum Gasteiger partial charge on any atom is -0.342 e. The van der Waals surface area contributed by atoms with Gasteiger partial charge in [-0.25, -0.2) is 5.43 Å². The first-order chi connectivity index (χ1) is 7.53. The van der Waals surface area contributed by atoms with Crippen LogP contribution in [0.15, 0.2) is 0 Å². The van der Waals surface area contributed by atoms with Crippen molar-refractivity contribution in [3.05, 3.63) is 0 Å². The van der Waals surface area contributed by atoms with Crippen LogP contribution in [0, 0.1) is 5.92 Å². The molecule has 0 unspecified atom stereocenters. The highest BCUT2D eigenvalue weighted by Gasteiger charge is 2.37. The zero-order valence-electron chi connectivity index (χ0n) is 11.0. The lowest BCUT2D eigenvalue weighted by atomic mass is 10.0. The summed E-state index contributed by atoms with van der Waals surface area (Å²) in [5, 5.41) is 6.40. The number of rotatable bonds is 6. The van der Waals surface area contributed by atoms with Crippen LogP contribution in [0.5, 0.6) is 0 Å². The van der Waals surface area contributed by atoms with Gasteiger partial charge in [-0.15, -0.1) is 0 Å². The molecule has 0 aromatic carbocycles. The van der Waals surface area contributed by atoms with Gasteiger partial charge in [-0.1, -0.05) is 34.1 Å². The second-order valence-electron chi connectivity index (χ2n) is 5.06. The van der Waals surface area contributed by atoms with E-state index in [9.17, 15) is 0 Å². The number of nitrogens with zero attached hydrogens (tertiary/aromatic N) is 1. The summed E-state index contributed by atoms with van der Waals surface area (Å²) in [7, 11) is 0. The first-order valence-corrected chi connectivity index (χ1v) is 6.81. The smallest absolute Gasteiger partial charge is 0.185 e. The van der Waals surface area contributed by atoms with Crippen LogP contribution in [0.1, 0.15) is 53.4 Å². The highest BCUT2D eigenvalue weighted by molar-refractivity contribution is 7.80. The molecular weight excluding hydrogens is 218 g/mol. The molecule has 0 spiro atoms. The Morgan fingerprint density at radius 1 is 1.38 bits per heavy atom. The van der Waals surface area contributed by atoms with Crippen LogP contribution in [0.25, 0.3) is 0 Å². The summed E-state index contributed by atoms with van der Waals surface area (Å²) < 4.78 is 0. The van der Waals surface area contributed by atoms with E-state index in [1.807, 2.05) is 0 Å². The number of thiocarbonyl (C=S) groups is 1. The zero-order chi connectivity index (χ0) is 12.2.